The highest BCUT2D eigenvalue weighted by Crippen LogP contribution is 2.32. The Bertz CT molecular complexity index is 1580. The smallest absolute Gasteiger partial charge is 0.306 e. The molecule has 1 N–H and O–H groups in total. The van der Waals surface area contributed by atoms with Crippen molar-refractivity contribution in [2.75, 3.05) is 44.2 Å². The van der Waals surface area contributed by atoms with Crippen molar-refractivity contribution in [3.63, 3.8) is 0 Å². The van der Waals surface area contributed by atoms with Crippen LogP contribution in [0.15, 0.2) is 42.5 Å². The number of benzene rings is 2. The number of carbonyl (C=O) groups excluding carboxylic acids is 2. The van der Waals surface area contributed by atoms with Gasteiger partial charge < -0.3 is 14.7 Å². The Morgan fingerprint density at radius 2 is 1.69 bits per heavy atom. The number of unbranched alkanes of at least 4 members (excludes halogenated alkanes) is 7. The predicted molar refractivity (Wildman–Crippen MR) is 184 cm³/mol. The monoisotopic (exact) mass is 652 g/mol. The summed E-state index contributed by atoms with van der Waals surface area (Å²) in [6, 6.07) is 13.7. The molecule has 3 heterocycles. The summed E-state index contributed by atoms with van der Waals surface area (Å²) in [5, 5.41) is 13.1. The number of aromatic hydroxyl groups is 1. The molecule has 2 aromatic heterocycles. The van der Waals surface area contributed by atoms with E-state index in [2.05, 4.69) is 41.0 Å². The number of fused-ring (bicyclic) bond motifs is 2. The Kier molecular flexibility index (Phi) is 12.1. The standard InChI is InChI=1S/C35H45ClN4O4S/c1-2-3-4-5-6-7-8-11-22-44-34(43)15-14-32(41)40-30-25-29(36)26(23-27(30)24-33(40)42)16-17-38-18-20-39(21-19-38)35-28-12-9-10-13-31(28)45-37-35/h9-10,12-13,23-25,42H,2-8,11,14-22H2,1H3. The summed E-state index contributed by atoms with van der Waals surface area (Å²) in [5.41, 5.74) is 1.52. The number of ether oxygens (including phenoxy) is 1. The Balaban J connectivity index is 1.07. The van der Waals surface area contributed by atoms with Gasteiger partial charge in [0.05, 0.1) is 23.2 Å². The van der Waals surface area contributed by atoms with Gasteiger partial charge in [0.25, 0.3) is 0 Å². The van der Waals surface area contributed by atoms with E-state index < -0.39 is 0 Å². The van der Waals surface area contributed by atoms with E-state index in [1.807, 2.05) is 6.07 Å². The lowest BCUT2D eigenvalue weighted by Crippen LogP contribution is -2.47. The minimum atomic E-state index is -0.386. The molecule has 0 bridgehead atoms. The maximum atomic E-state index is 13.0. The van der Waals surface area contributed by atoms with Crippen LogP contribution in [0.5, 0.6) is 5.88 Å². The minimum Gasteiger partial charge on any atom is -0.494 e. The van der Waals surface area contributed by atoms with Crippen LogP contribution in [0, 0.1) is 0 Å². The van der Waals surface area contributed by atoms with Crippen LogP contribution in [-0.4, -0.2) is 70.2 Å². The van der Waals surface area contributed by atoms with E-state index in [4.69, 9.17) is 20.7 Å². The zero-order chi connectivity index (χ0) is 31.6. The van der Waals surface area contributed by atoms with Crippen LogP contribution in [-0.2, 0) is 16.0 Å². The van der Waals surface area contributed by atoms with Crippen LogP contribution in [0.3, 0.4) is 0 Å². The molecular formula is C35H45ClN4O4S. The third kappa shape index (κ3) is 8.77. The largest absolute Gasteiger partial charge is 0.494 e. The predicted octanol–water partition coefficient (Wildman–Crippen LogP) is 8.08. The lowest BCUT2D eigenvalue weighted by atomic mass is 10.1. The van der Waals surface area contributed by atoms with E-state index in [0.29, 0.717) is 17.1 Å². The first-order chi connectivity index (χ1) is 21.9. The number of hydrogen-bond acceptors (Lipinski definition) is 8. The fourth-order valence-corrected chi connectivity index (χ4v) is 7.14. The molecule has 2 aromatic carbocycles. The van der Waals surface area contributed by atoms with Gasteiger partial charge in [-0.15, -0.1) is 0 Å². The van der Waals surface area contributed by atoms with Crippen LogP contribution < -0.4 is 4.90 Å². The highest BCUT2D eigenvalue weighted by atomic mass is 35.5. The van der Waals surface area contributed by atoms with Crippen molar-refractivity contribution in [2.24, 2.45) is 0 Å². The summed E-state index contributed by atoms with van der Waals surface area (Å²) >= 11 is 8.24. The number of rotatable bonds is 16. The third-order valence-electron chi connectivity index (χ3n) is 8.73. The van der Waals surface area contributed by atoms with Crippen molar-refractivity contribution < 1.29 is 19.4 Å². The van der Waals surface area contributed by atoms with Crippen LogP contribution in [0.1, 0.15) is 81.5 Å². The van der Waals surface area contributed by atoms with Gasteiger partial charge in [-0.05, 0) is 54.2 Å². The topological polar surface area (TPSA) is 87.9 Å². The Morgan fingerprint density at radius 3 is 2.47 bits per heavy atom. The van der Waals surface area contributed by atoms with E-state index in [1.54, 1.807) is 23.7 Å². The van der Waals surface area contributed by atoms with Gasteiger partial charge in [0, 0.05) is 61.0 Å². The normalized spacial score (nSPS) is 14.0. The number of aromatic nitrogens is 2. The molecule has 1 saturated heterocycles. The molecule has 1 aliphatic rings. The van der Waals surface area contributed by atoms with Crippen molar-refractivity contribution in [3.8, 4) is 5.88 Å². The van der Waals surface area contributed by atoms with Gasteiger partial charge in [-0.25, -0.2) is 0 Å². The SMILES string of the molecule is CCCCCCCCCCOC(=O)CCC(=O)n1c(O)cc2cc(CCN3CCN(c4nsc5ccccc45)CC3)c(Cl)cc21. The molecular weight excluding hydrogens is 608 g/mol. The molecule has 1 fully saturated rings. The second-order valence-electron chi connectivity index (χ2n) is 12.0. The van der Waals surface area contributed by atoms with Crippen molar-refractivity contribution in [3.05, 3.63) is 53.1 Å². The first-order valence-corrected chi connectivity index (χ1v) is 17.6. The fourth-order valence-electron chi connectivity index (χ4n) is 6.09. The molecule has 10 heteroatoms. The van der Waals surface area contributed by atoms with Gasteiger partial charge in [-0.2, -0.15) is 4.37 Å². The average Bonchev–Trinajstić information content (AvgIpc) is 3.62. The van der Waals surface area contributed by atoms with E-state index in [-0.39, 0.29) is 30.6 Å². The van der Waals surface area contributed by atoms with Gasteiger partial charge in [0.1, 0.15) is 5.82 Å². The molecule has 242 valence electrons. The van der Waals surface area contributed by atoms with Crippen LogP contribution in [0.2, 0.25) is 5.02 Å². The Morgan fingerprint density at radius 1 is 0.956 bits per heavy atom. The van der Waals surface area contributed by atoms with E-state index >= 15 is 0 Å². The Labute approximate surface area is 275 Å². The number of carbonyl (C=O) groups is 2. The summed E-state index contributed by atoms with van der Waals surface area (Å²) in [6.07, 6.45) is 10.1. The van der Waals surface area contributed by atoms with E-state index in [9.17, 15) is 14.7 Å². The van der Waals surface area contributed by atoms with Gasteiger partial charge in [0.15, 0.2) is 5.88 Å². The quantitative estimate of drug-likeness (QED) is 0.0967. The van der Waals surface area contributed by atoms with Gasteiger partial charge in [-0.1, -0.05) is 75.6 Å². The number of anilines is 1. The molecule has 0 aliphatic carbocycles. The molecule has 8 nitrogen and oxygen atoms in total. The number of nitrogens with zero attached hydrogens (tertiary/aromatic N) is 4. The maximum Gasteiger partial charge on any atom is 0.306 e. The number of esters is 1. The number of halogens is 1. The lowest BCUT2D eigenvalue weighted by molar-refractivity contribution is -0.143. The number of hydrogen-bond donors (Lipinski definition) is 1. The number of piperazine rings is 1. The summed E-state index contributed by atoms with van der Waals surface area (Å²) in [6.45, 7) is 7.20. The zero-order valence-electron chi connectivity index (χ0n) is 26.3. The molecule has 0 spiro atoms. The molecule has 45 heavy (non-hydrogen) atoms. The minimum absolute atomic E-state index is 0.0211. The zero-order valence-corrected chi connectivity index (χ0v) is 27.9. The third-order valence-corrected chi connectivity index (χ3v) is 9.90. The summed E-state index contributed by atoms with van der Waals surface area (Å²) in [5.74, 6) is 0.184. The lowest BCUT2D eigenvalue weighted by Gasteiger charge is -2.35. The molecule has 0 unspecified atom stereocenters. The molecule has 1 aliphatic heterocycles. The van der Waals surface area contributed by atoms with Gasteiger partial charge >= 0.3 is 5.97 Å². The molecule has 4 aromatic rings. The summed E-state index contributed by atoms with van der Waals surface area (Å²) < 4.78 is 12.5. The second kappa shape index (κ2) is 16.4. The van der Waals surface area contributed by atoms with Crippen molar-refractivity contribution in [1.82, 2.24) is 13.8 Å². The second-order valence-corrected chi connectivity index (χ2v) is 13.2. The first kappa shape index (κ1) is 33.2. The molecule has 0 amide bonds. The van der Waals surface area contributed by atoms with Crippen LogP contribution in [0.25, 0.3) is 21.0 Å². The Hall–Kier alpha value is -3.14. The average molecular weight is 653 g/mol. The highest BCUT2D eigenvalue weighted by molar-refractivity contribution is 7.13. The van der Waals surface area contributed by atoms with Gasteiger partial charge in [-0.3, -0.25) is 19.1 Å². The highest BCUT2D eigenvalue weighted by Gasteiger charge is 2.22. The fraction of sp³-hybridized carbons (Fsp3) is 0.514. The van der Waals surface area contributed by atoms with Crippen molar-refractivity contribution in [2.45, 2.75) is 77.6 Å². The van der Waals surface area contributed by atoms with Crippen LogP contribution >= 0.6 is 23.1 Å². The van der Waals surface area contributed by atoms with E-state index in [1.165, 1.54) is 46.8 Å². The molecule has 0 radical (unpaired) electrons. The van der Waals surface area contributed by atoms with Gasteiger partial charge in [0.2, 0.25) is 5.91 Å². The molecule has 0 saturated carbocycles. The summed E-state index contributed by atoms with van der Waals surface area (Å²) in [7, 11) is 0. The van der Waals surface area contributed by atoms with Crippen molar-refractivity contribution >= 4 is 61.8 Å². The molecule has 0 atom stereocenters. The molecule has 5 rings (SSSR count). The first-order valence-electron chi connectivity index (χ1n) is 16.5. The summed E-state index contributed by atoms with van der Waals surface area (Å²) in [4.78, 5) is 30.1. The maximum absolute atomic E-state index is 13.0. The van der Waals surface area contributed by atoms with Crippen molar-refractivity contribution in [1.29, 1.82) is 0 Å². The van der Waals surface area contributed by atoms with E-state index in [0.717, 1.165) is 75.2 Å². The van der Waals surface area contributed by atoms with Crippen LogP contribution in [0.4, 0.5) is 5.82 Å².